The number of carbonyl (C=O) groups excluding carboxylic acids is 2. The van der Waals surface area contributed by atoms with Crippen LogP contribution in [0.1, 0.15) is 90.9 Å². The first-order chi connectivity index (χ1) is 12.9. The Morgan fingerprint density at radius 3 is 2.26 bits per heavy atom. The minimum Gasteiger partial charge on any atom is -0.469 e. The molecule has 6 heteroatoms. The van der Waals surface area contributed by atoms with Gasteiger partial charge in [-0.25, -0.2) is 0 Å². The van der Waals surface area contributed by atoms with E-state index in [2.05, 4.69) is 17.0 Å². The van der Waals surface area contributed by atoms with Crippen LogP contribution in [0.5, 0.6) is 0 Å². The van der Waals surface area contributed by atoms with Gasteiger partial charge in [0.25, 0.3) is 0 Å². The Kier molecular flexibility index (Phi) is 15.2. The molecule has 0 fully saturated rings. The maximum Gasteiger partial charge on any atom is 0.322 e. The normalized spacial score (nSPS) is 14.4. The largest absolute Gasteiger partial charge is 0.469 e. The predicted molar refractivity (Wildman–Crippen MR) is 108 cm³/mol. The van der Waals surface area contributed by atoms with Crippen molar-refractivity contribution < 1.29 is 24.2 Å². The lowest BCUT2D eigenvalue weighted by molar-refractivity contribution is -0.143. The van der Waals surface area contributed by atoms with E-state index in [1.54, 1.807) is 0 Å². The van der Waals surface area contributed by atoms with Crippen LogP contribution < -0.4 is 5.32 Å². The van der Waals surface area contributed by atoms with E-state index in [0.29, 0.717) is 25.8 Å². The second-order valence-electron chi connectivity index (χ2n) is 7.62. The van der Waals surface area contributed by atoms with Gasteiger partial charge < -0.3 is 19.9 Å². The fourth-order valence-electron chi connectivity index (χ4n) is 3.09. The van der Waals surface area contributed by atoms with Gasteiger partial charge >= 0.3 is 11.9 Å². The Bertz CT molecular complexity index is 398. The Morgan fingerprint density at radius 1 is 0.963 bits per heavy atom. The number of hydrogen-bond acceptors (Lipinski definition) is 6. The van der Waals surface area contributed by atoms with Crippen molar-refractivity contribution in [3.05, 3.63) is 0 Å². The molecule has 0 aromatic carbocycles. The first-order valence-electron chi connectivity index (χ1n) is 10.5. The van der Waals surface area contributed by atoms with Crippen LogP contribution in [0.4, 0.5) is 0 Å². The van der Waals surface area contributed by atoms with E-state index in [9.17, 15) is 14.7 Å². The van der Waals surface area contributed by atoms with Crippen molar-refractivity contribution >= 4 is 11.9 Å². The summed E-state index contributed by atoms with van der Waals surface area (Å²) in [6, 6.07) is -0.341. The van der Waals surface area contributed by atoms with Crippen LogP contribution in [0.3, 0.4) is 0 Å². The molecule has 0 heterocycles. The summed E-state index contributed by atoms with van der Waals surface area (Å²) in [7, 11) is 2.80. The summed E-state index contributed by atoms with van der Waals surface area (Å²) in [4.78, 5) is 23.0. The number of aliphatic hydroxyl groups is 1. The highest BCUT2D eigenvalue weighted by atomic mass is 16.5. The van der Waals surface area contributed by atoms with Gasteiger partial charge in [-0.15, -0.1) is 0 Å². The van der Waals surface area contributed by atoms with Gasteiger partial charge in [-0.2, -0.15) is 0 Å². The van der Waals surface area contributed by atoms with Crippen LogP contribution in [-0.4, -0.2) is 49.5 Å². The molecule has 0 aliphatic carbocycles. The van der Waals surface area contributed by atoms with Crippen molar-refractivity contribution in [2.75, 3.05) is 20.8 Å². The van der Waals surface area contributed by atoms with Crippen LogP contribution >= 0.6 is 0 Å². The Balaban J connectivity index is 4.05. The van der Waals surface area contributed by atoms with E-state index in [4.69, 9.17) is 4.74 Å². The minimum absolute atomic E-state index is 0.175. The summed E-state index contributed by atoms with van der Waals surface area (Å²) < 4.78 is 9.50. The molecule has 0 bridgehead atoms. The van der Waals surface area contributed by atoms with Crippen LogP contribution in [0, 0.1) is 0 Å². The highest BCUT2D eigenvalue weighted by Gasteiger charge is 2.22. The van der Waals surface area contributed by atoms with Gasteiger partial charge in [0.1, 0.15) is 6.04 Å². The third kappa shape index (κ3) is 14.6. The summed E-state index contributed by atoms with van der Waals surface area (Å²) in [5.74, 6) is -0.432. The lowest BCUT2D eigenvalue weighted by Gasteiger charge is -2.25. The number of ether oxygens (including phenoxy) is 2. The summed E-state index contributed by atoms with van der Waals surface area (Å²) in [5.41, 5.74) is -0.699. The molecule has 0 radical (unpaired) electrons. The second-order valence-corrected chi connectivity index (χ2v) is 7.62. The zero-order valence-electron chi connectivity index (χ0n) is 17.8. The smallest absolute Gasteiger partial charge is 0.322 e. The maximum absolute atomic E-state index is 12.0. The van der Waals surface area contributed by atoms with E-state index in [-0.39, 0.29) is 18.0 Å². The standard InChI is InChI=1S/C21H41NO5/c1-5-6-7-12-15-21(2,25)16-17-22-18(20(24)27-4)13-10-8-9-11-14-19(23)26-3/h18,22,25H,5-17H2,1-4H3. The minimum atomic E-state index is -0.699. The number of nitrogens with one attached hydrogen (secondary N) is 1. The highest BCUT2D eigenvalue weighted by Crippen LogP contribution is 2.18. The lowest BCUT2D eigenvalue weighted by atomic mass is 9.94. The Labute approximate surface area is 165 Å². The molecule has 0 aromatic rings. The summed E-state index contributed by atoms with van der Waals surface area (Å²) >= 11 is 0. The van der Waals surface area contributed by atoms with Gasteiger partial charge in [0.2, 0.25) is 0 Å². The van der Waals surface area contributed by atoms with Crippen molar-refractivity contribution in [1.82, 2.24) is 5.32 Å². The van der Waals surface area contributed by atoms with Gasteiger partial charge in [-0.05, 0) is 39.2 Å². The van der Waals surface area contributed by atoms with Crippen molar-refractivity contribution in [1.29, 1.82) is 0 Å². The van der Waals surface area contributed by atoms with Gasteiger partial charge in [-0.3, -0.25) is 9.59 Å². The van der Waals surface area contributed by atoms with Crippen molar-refractivity contribution in [2.45, 2.75) is 103 Å². The molecule has 0 amide bonds. The number of esters is 2. The number of carbonyl (C=O) groups is 2. The fraction of sp³-hybridized carbons (Fsp3) is 0.905. The summed E-state index contributed by atoms with van der Waals surface area (Å²) in [6.45, 7) is 4.63. The Hall–Kier alpha value is -1.14. The number of rotatable bonds is 17. The number of unbranched alkanes of at least 4 members (excludes halogenated alkanes) is 6. The quantitative estimate of drug-likeness (QED) is 0.292. The molecular formula is C21H41NO5. The molecule has 2 atom stereocenters. The summed E-state index contributed by atoms with van der Waals surface area (Å²) in [6.07, 6.45) is 10.7. The van der Waals surface area contributed by atoms with Crippen molar-refractivity contribution in [3.63, 3.8) is 0 Å². The average Bonchev–Trinajstić information content (AvgIpc) is 2.65. The lowest BCUT2D eigenvalue weighted by Crippen LogP contribution is -2.40. The van der Waals surface area contributed by atoms with Crippen LogP contribution in [-0.2, 0) is 19.1 Å². The molecule has 27 heavy (non-hydrogen) atoms. The zero-order valence-corrected chi connectivity index (χ0v) is 17.8. The van der Waals surface area contributed by atoms with E-state index in [1.807, 2.05) is 6.92 Å². The van der Waals surface area contributed by atoms with Gasteiger partial charge in [-0.1, -0.05) is 51.9 Å². The monoisotopic (exact) mass is 387 g/mol. The molecule has 0 aromatic heterocycles. The average molecular weight is 388 g/mol. The molecule has 0 spiro atoms. The molecule has 6 nitrogen and oxygen atoms in total. The molecule has 160 valence electrons. The van der Waals surface area contributed by atoms with Gasteiger partial charge in [0.05, 0.1) is 19.8 Å². The third-order valence-electron chi connectivity index (χ3n) is 4.96. The maximum atomic E-state index is 12.0. The molecule has 0 aliphatic rings. The van der Waals surface area contributed by atoms with Crippen molar-refractivity contribution in [3.8, 4) is 0 Å². The molecular weight excluding hydrogens is 346 g/mol. The number of hydrogen-bond donors (Lipinski definition) is 2. The molecule has 0 rings (SSSR count). The van der Waals surface area contributed by atoms with Gasteiger partial charge in [0, 0.05) is 6.42 Å². The van der Waals surface area contributed by atoms with Crippen molar-refractivity contribution in [2.24, 2.45) is 0 Å². The predicted octanol–water partition coefficient (Wildman–Crippen LogP) is 3.74. The van der Waals surface area contributed by atoms with E-state index in [1.165, 1.54) is 27.1 Å². The zero-order chi connectivity index (χ0) is 20.5. The Morgan fingerprint density at radius 2 is 1.63 bits per heavy atom. The number of methoxy groups -OCH3 is 2. The molecule has 2 N–H and O–H groups in total. The fourth-order valence-corrected chi connectivity index (χ4v) is 3.09. The molecule has 0 aliphatic heterocycles. The first kappa shape index (κ1) is 25.9. The topological polar surface area (TPSA) is 84.9 Å². The van der Waals surface area contributed by atoms with E-state index < -0.39 is 5.60 Å². The van der Waals surface area contributed by atoms with Crippen LogP contribution in [0.15, 0.2) is 0 Å². The molecule has 0 saturated carbocycles. The van der Waals surface area contributed by atoms with E-state index >= 15 is 0 Å². The summed E-state index contributed by atoms with van der Waals surface area (Å²) in [5, 5.41) is 13.7. The highest BCUT2D eigenvalue weighted by molar-refractivity contribution is 5.75. The molecule has 0 saturated heterocycles. The third-order valence-corrected chi connectivity index (χ3v) is 4.96. The van der Waals surface area contributed by atoms with Crippen LogP contribution in [0.25, 0.3) is 0 Å². The van der Waals surface area contributed by atoms with E-state index in [0.717, 1.165) is 44.9 Å². The van der Waals surface area contributed by atoms with Gasteiger partial charge in [0.15, 0.2) is 0 Å². The molecule has 2 unspecified atom stereocenters. The first-order valence-corrected chi connectivity index (χ1v) is 10.5. The SMILES string of the molecule is CCCCCCC(C)(O)CCNC(CCCCCCC(=O)OC)C(=O)OC. The van der Waals surface area contributed by atoms with Crippen LogP contribution in [0.2, 0.25) is 0 Å². The second kappa shape index (κ2) is 15.9.